The van der Waals surface area contributed by atoms with Crippen molar-refractivity contribution in [2.75, 3.05) is 39.4 Å². The van der Waals surface area contributed by atoms with Crippen LogP contribution in [0.2, 0.25) is 0 Å². The van der Waals surface area contributed by atoms with E-state index in [2.05, 4.69) is 45.0 Å². The van der Waals surface area contributed by atoms with E-state index in [1.165, 1.54) is 10.8 Å². The predicted molar refractivity (Wildman–Crippen MR) is 103 cm³/mol. The van der Waals surface area contributed by atoms with Crippen molar-refractivity contribution in [3.05, 3.63) is 48.0 Å². The molecule has 2 N–H and O–H groups in total. The Morgan fingerprint density at radius 1 is 1.17 bits per heavy atom. The molecule has 0 amide bonds. The summed E-state index contributed by atoms with van der Waals surface area (Å²) in [6.07, 6.45) is 1.78. The van der Waals surface area contributed by atoms with Crippen LogP contribution in [0, 0.1) is 0 Å². The second-order valence-electron chi connectivity index (χ2n) is 5.69. The van der Waals surface area contributed by atoms with Gasteiger partial charge in [0.2, 0.25) is 0 Å². The first-order valence-corrected chi connectivity index (χ1v) is 8.58. The Bertz CT molecular complexity index is 713. The standard InChI is InChI=1S/C18H22N4OS/c24-18(19-7-8-22-9-11-23-12-10-22)21-20-14-15-5-6-16-3-1-2-4-17(16)13-15/h1-6,13-14H,7-12H2,(H2,19,21,24)/b20-14-. The average Bonchev–Trinajstić information content (AvgIpc) is 2.62. The number of hydrogen-bond donors (Lipinski definition) is 2. The highest BCUT2D eigenvalue weighted by Gasteiger charge is 2.09. The fraction of sp³-hybridized carbons (Fsp3) is 0.333. The molecule has 0 radical (unpaired) electrons. The molecule has 2 aromatic carbocycles. The zero-order valence-corrected chi connectivity index (χ0v) is 14.4. The fourth-order valence-corrected chi connectivity index (χ4v) is 2.80. The van der Waals surface area contributed by atoms with Gasteiger partial charge in [-0.3, -0.25) is 10.3 Å². The van der Waals surface area contributed by atoms with Crippen molar-refractivity contribution in [3.8, 4) is 0 Å². The lowest BCUT2D eigenvalue weighted by Gasteiger charge is -2.26. The highest BCUT2D eigenvalue weighted by molar-refractivity contribution is 7.80. The normalized spacial score (nSPS) is 15.7. The summed E-state index contributed by atoms with van der Waals surface area (Å²) in [7, 11) is 0. The molecule has 0 atom stereocenters. The molecule has 0 spiro atoms. The van der Waals surface area contributed by atoms with Gasteiger partial charge in [0, 0.05) is 26.2 Å². The van der Waals surface area contributed by atoms with Crippen molar-refractivity contribution in [1.29, 1.82) is 0 Å². The molecular weight excluding hydrogens is 320 g/mol. The first-order chi connectivity index (χ1) is 11.8. The van der Waals surface area contributed by atoms with E-state index in [0.29, 0.717) is 5.11 Å². The van der Waals surface area contributed by atoms with Crippen LogP contribution in [0.25, 0.3) is 10.8 Å². The largest absolute Gasteiger partial charge is 0.379 e. The van der Waals surface area contributed by atoms with Crippen LogP contribution in [0.3, 0.4) is 0 Å². The number of hydrogen-bond acceptors (Lipinski definition) is 4. The lowest BCUT2D eigenvalue weighted by Crippen LogP contribution is -2.42. The van der Waals surface area contributed by atoms with Gasteiger partial charge in [0.1, 0.15) is 0 Å². The number of nitrogens with zero attached hydrogens (tertiary/aromatic N) is 2. The topological polar surface area (TPSA) is 48.9 Å². The third-order valence-corrected chi connectivity index (χ3v) is 4.21. The number of morpholine rings is 1. The molecule has 0 saturated carbocycles. The summed E-state index contributed by atoms with van der Waals surface area (Å²) in [6.45, 7) is 5.37. The minimum Gasteiger partial charge on any atom is -0.379 e. The maximum absolute atomic E-state index is 5.33. The molecule has 1 heterocycles. The summed E-state index contributed by atoms with van der Waals surface area (Å²) in [6, 6.07) is 14.5. The molecule has 126 valence electrons. The summed E-state index contributed by atoms with van der Waals surface area (Å²) in [5.41, 5.74) is 3.90. The molecule has 0 aliphatic carbocycles. The molecule has 6 heteroatoms. The van der Waals surface area contributed by atoms with E-state index in [1.54, 1.807) is 6.21 Å². The van der Waals surface area contributed by atoms with Gasteiger partial charge in [-0.15, -0.1) is 0 Å². The number of nitrogens with one attached hydrogen (secondary N) is 2. The van der Waals surface area contributed by atoms with Crippen molar-refractivity contribution in [3.63, 3.8) is 0 Å². The summed E-state index contributed by atoms with van der Waals surface area (Å²) in [4.78, 5) is 2.36. The molecule has 1 saturated heterocycles. The van der Waals surface area contributed by atoms with Gasteiger partial charge in [-0.2, -0.15) is 5.10 Å². The maximum Gasteiger partial charge on any atom is 0.187 e. The zero-order valence-electron chi connectivity index (χ0n) is 13.6. The van der Waals surface area contributed by atoms with Gasteiger partial charge in [0.25, 0.3) is 0 Å². The van der Waals surface area contributed by atoms with Crippen molar-refractivity contribution >= 4 is 34.3 Å². The number of fused-ring (bicyclic) bond motifs is 1. The van der Waals surface area contributed by atoms with Crippen molar-refractivity contribution in [2.45, 2.75) is 0 Å². The second kappa shape index (κ2) is 8.73. The molecule has 0 aromatic heterocycles. The van der Waals surface area contributed by atoms with Crippen LogP contribution in [-0.4, -0.2) is 55.6 Å². The Labute approximate surface area is 147 Å². The smallest absolute Gasteiger partial charge is 0.187 e. The molecule has 1 aliphatic heterocycles. The highest BCUT2D eigenvalue weighted by Crippen LogP contribution is 2.14. The van der Waals surface area contributed by atoms with Gasteiger partial charge in [0.15, 0.2) is 5.11 Å². The number of thiocarbonyl (C=S) groups is 1. The first kappa shape index (κ1) is 16.8. The minimum absolute atomic E-state index is 0.542. The van der Waals surface area contributed by atoms with Crippen LogP contribution >= 0.6 is 12.2 Å². The molecule has 2 aromatic rings. The van der Waals surface area contributed by atoms with Gasteiger partial charge in [-0.05, 0) is 34.6 Å². The summed E-state index contributed by atoms with van der Waals surface area (Å²) >= 11 is 5.23. The van der Waals surface area contributed by atoms with Crippen molar-refractivity contribution in [2.24, 2.45) is 5.10 Å². The Balaban J connectivity index is 1.42. The molecule has 3 rings (SSSR count). The van der Waals surface area contributed by atoms with Crippen LogP contribution in [0.4, 0.5) is 0 Å². The van der Waals surface area contributed by atoms with Gasteiger partial charge < -0.3 is 10.1 Å². The maximum atomic E-state index is 5.33. The molecule has 1 fully saturated rings. The van der Waals surface area contributed by atoms with Crippen LogP contribution in [-0.2, 0) is 4.74 Å². The lowest BCUT2D eigenvalue weighted by molar-refractivity contribution is 0.0389. The number of rotatable bonds is 5. The molecule has 5 nitrogen and oxygen atoms in total. The number of benzene rings is 2. The molecular formula is C18H22N4OS. The highest BCUT2D eigenvalue weighted by atomic mass is 32.1. The van der Waals surface area contributed by atoms with Crippen molar-refractivity contribution < 1.29 is 4.74 Å². The third-order valence-electron chi connectivity index (χ3n) is 3.97. The Hall–Kier alpha value is -2.02. The van der Waals surface area contributed by atoms with Crippen LogP contribution in [0.5, 0.6) is 0 Å². The summed E-state index contributed by atoms with van der Waals surface area (Å²) in [5.74, 6) is 0. The molecule has 0 unspecified atom stereocenters. The molecule has 1 aliphatic rings. The molecule has 24 heavy (non-hydrogen) atoms. The van der Waals surface area contributed by atoms with Gasteiger partial charge in [0.05, 0.1) is 19.4 Å². The van der Waals surface area contributed by atoms with E-state index in [-0.39, 0.29) is 0 Å². The van der Waals surface area contributed by atoms with Gasteiger partial charge in [-0.25, -0.2) is 0 Å². The van der Waals surface area contributed by atoms with Crippen LogP contribution in [0.15, 0.2) is 47.6 Å². The summed E-state index contributed by atoms with van der Waals surface area (Å²) < 4.78 is 5.33. The SMILES string of the molecule is S=C(NCCN1CCOCC1)N/N=C\c1ccc2ccccc2c1. The molecule has 0 bridgehead atoms. The Kier molecular flexibility index (Phi) is 6.12. The van der Waals surface area contributed by atoms with E-state index in [0.717, 1.165) is 45.0 Å². The average molecular weight is 342 g/mol. The quantitative estimate of drug-likeness (QED) is 0.494. The monoisotopic (exact) mass is 342 g/mol. The van der Waals surface area contributed by atoms with E-state index < -0.39 is 0 Å². The van der Waals surface area contributed by atoms with Crippen LogP contribution in [0.1, 0.15) is 5.56 Å². The number of ether oxygens (including phenoxy) is 1. The fourth-order valence-electron chi connectivity index (χ4n) is 2.65. The lowest BCUT2D eigenvalue weighted by atomic mass is 10.1. The van der Waals surface area contributed by atoms with E-state index in [4.69, 9.17) is 17.0 Å². The van der Waals surface area contributed by atoms with Crippen LogP contribution < -0.4 is 10.7 Å². The van der Waals surface area contributed by atoms with Crippen molar-refractivity contribution in [1.82, 2.24) is 15.6 Å². The zero-order chi connectivity index (χ0) is 16.6. The van der Waals surface area contributed by atoms with Gasteiger partial charge in [-0.1, -0.05) is 36.4 Å². The van der Waals surface area contributed by atoms with Gasteiger partial charge >= 0.3 is 0 Å². The number of hydrazone groups is 1. The minimum atomic E-state index is 0.542. The third kappa shape index (κ3) is 4.99. The summed E-state index contributed by atoms with van der Waals surface area (Å²) in [5, 5.41) is 10.3. The van der Waals surface area contributed by atoms with E-state index >= 15 is 0 Å². The Morgan fingerprint density at radius 2 is 1.96 bits per heavy atom. The van der Waals surface area contributed by atoms with E-state index in [1.807, 2.05) is 18.2 Å². The second-order valence-corrected chi connectivity index (χ2v) is 6.09. The first-order valence-electron chi connectivity index (χ1n) is 8.17. The van der Waals surface area contributed by atoms with E-state index in [9.17, 15) is 0 Å². The predicted octanol–water partition coefficient (Wildman–Crippen LogP) is 1.97. The Morgan fingerprint density at radius 3 is 2.79 bits per heavy atom.